The number of carboxylic acids is 1. The molecule has 1 unspecified atom stereocenters. The number of rotatable bonds is 5. The van der Waals surface area contributed by atoms with Crippen LogP contribution in [0.3, 0.4) is 0 Å². The minimum atomic E-state index is -1.16. The molecular weight excluding hydrogens is 337 g/mol. The largest absolute Gasteiger partial charge is 0.478 e. The van der Waals surface area contributed by atoms with Crippen LogP contribution in [0.15, 0.2) is 46.9 Å². The van der Waals surface area contributed by atoms with Crippen LogP contribution in [0.25, 0.3) is 0 Å². The van der Waals surface area contributed by atoms with Crippen molar-refractivity contribution in [2.45, 2.75) is 12.8 Å². The van der Waals surface area contributed by atoms with Gasteiger partial charge in [-0.05, 0) is 39.5 Å². The van der Waals surface area contributed by atoms with Gasteiger partial charge >= 0.3 is 5.97 Å². The summed E-state index contributed by atoms with van der Waals surface area (Å²) in [7, 11) is 0. The van der Waals surface area contributed by atoms with Gasteiger partial charge in [0.05, 0.1) is 15.7 Å². The molecule has 0 bridgehead atoms. The van der Waals surface area contributed by atoms with E-state index in [-0.39, 0.29) is 21.6 Å². The molecule has 0 saturated carbocycles. The fourth-order valence-electron chi connectivity index (χ4n) is 2.01. The molecule has 2 rings (SSSR count). The Morgan fingerprint density at radius 3 is 2.57 bits per heavy atom. The predicted octanol–water partition coefficient (Wildman–Crippen LogP) is 4.50. The van der Waals surface area contributed by atoms with Gasteiger partial charge in [0.1, 0.15) is 0 Å². The van der Waals surface area contributed by atoms with E-state index in [2.05, 4.69) is 21.2 Å². The molecule has 0 saturated heterocycles. The number of halogens is 2. The van der Waals surface area contributed by atoms with Gasteiger partial charge < -0.3 is 10.4 Å². The van der Waals surface area contributed by atoms with Crippen molar-refractivity contribution in [2.24, 2.45) is 0 Å². The highest BCUT2D eigenvalue weighted by Gasteiger charge is 2.16. The Bertz CT molecular complexity index is 646. The molecule has 0 aliphatic rings. The zero-order valence-corrected chi connectivity index (χ0v) is 13.0. The minimum absolute atomic E-state index is 0.0348. The van der Waals surface area contributed by atoms with E-state index in [4.69, 9.17) is 5.11 Å². The summed E-state index contributed by atoms with van der Waals surface area (Å²) in [5.74, 6) is -1.54. The van der Waals surface area contributed by atoms with Gasteiger partial charge in [-0.25, -0.2) is 9.18 Å². The number of aromatic carboxylic acids is 1. The lowest BCUT2D eigenvalue weighted by Gasteiger charge is -2.15. The maximum absolute atomic E-state index is 14.1. The molecule has 0 amide bonds. The Morgan fingerprint density at radius 2 is 1.95 bits per heavy atom. The number of hydrogen-bond donors (Lipinski definition) is 2. The fraction of sp³-hybridized carbons (Fsp3) is 0.188. The van der Waals surface area contributed by atoms with Crippen LogP contribution in [0.4, 0.5) is 10.1 Å². The zero-order chi connectivity index (χ0) is 15.4. The minimum Gasteiger partial charge on any atom is -0.478 e. The molecule has 0 heterocycles. The topological polar surface area (TPSA) is 49.3 Å². The number of anilines is 1. The Labute approximate surface area is 130 Å². The van der Waals surface area contributed by atoms with Crippen LogP contribution in [0, 0.1) is 5.82 Å². The predicted molar refractivity (Wildman–Crippen MR) is 84.4 cm³/mol. The lowest BCUT2D eigenvalue weighted by atomic mass is 10.0. The van der Waals surface area contributed by atoms with Crippen LogP contribution in [-0.4, -0.2) is 17.6 Å². The average molecular weight is 352 g/mol. The molecule has 2 aromatic rings. The summed E-state index contributed by atoms with van der Waals surface area (Å²) in [5.41, 5.74) is 1.36. The van der Waals surface area contributed by atoms with E-state index in [0.29, 0.717) is 6.54 Å². The van der Waals surface area contributed by atoms with Crippen molar-refractivity contribution in [3.05, 3.63) is 63.9 Å². The van der Waals surface area contributed by atoms with Crippen LogP contribution >= 0.6 is 15.9 Å². The number of nitrogens with one attached hydrogen (secondary N) is 1. The van der Waals surface area contributed by atoms with Gasteiger partial charge in [-0.2, -0.15) is 0 Å². The third kappa shape index (κ3) is 3.61. The second-order valence-electron chi connectivity index (χ2n) is 4.79. The fourth-order valence-corrected chi connectivity index (χ4v) is 2.53. The van der Waals surface area contributed by atoms with Gasteiger partial charge in [-0.1, -0.05) is 37.3 Å². The molecule has 21 heavy (non-hydrogen) atoms. The molecule has 2 N–H and O–H groups in total. The van der Waals surface area contributed by atoms with Crippen LogP contribution in [0.5, 0.6) is 0 Å². The van der Waals surface area contributed by atoms with Crippen molar-refractivity contribution in [3.8, 4) is 0 Å². The van der Waals surface area contributed by atoms with E-state index in [1.165, 1.54) is 12.1 Å². The van der Waals surface area contributed by atoms with E-state index in [0.717, 1.165) is 5.56 Å². The second kappa shape index (κ2) is 6.72. The number of carbonyl (C=O) groups is 1. The highest BCUT2D eigenvalue weighted by Crippen LogP contribution is 2.27. The Hall–Kier alpha value is -1.88. The number of benzene rings is 2. The van der Waals surface area contributed by atoms with Crippen molar-refractivity contribution in [1.29, 1.82) is 0 Å². The van der Waals surface area contributed by atoms with Gasteiger partial charge in [0.15, 0.2) is 5.82 Å². The van der Waals surface area contributed by atoms with E-state index in [9.17, 15) is 9.18 Å². The van der Waals surface area contributed by atoms with Crippen molar-refractivity contribution >= 4 is 27.6 Å². The normalized spacial score (nSPS) is 12.0. The summed E-state index contributed by atoms with van der Waals surface area (Å²) < 4.78 is 14.1. The first kappa shape index (κ1) is 15.5. The van der Waals surface area contributed by atoms with Crippen molar-refractivity contribution in [3.63, 3.8) is 0 Å². The van der Waals surface area contributed by atoms with Crippen molar-refractivity contribution < 1.29 is 14.3 Å². The summed E-state index contributed by atoms with van der Waals surface area (Å²) in [6.45, 7) is 2.60. The van der Waals surface area contributed by atoms with Crippen LogP contribution in [0.1, 0.15) is 28.8 Å². The first-order valence-electron chi connectivity index (χ1n) is 6.50. The number of hydrogen-bond acceptors (Lipinski definition) is 2. The van der Waals surface area contributed by atoms with Crippen molar-refractivity contribution in [1.82, 2.24) is 0 Å². The van der Waals surface area contributed by atoms with E-state index in [1.807, 2.05) is 37.3 Å². The summed E-state index contributed by atoms with van der Waals surface area (Å²) in [5, 5.41) is 12.0. The lowest BCUT2D eigenvalue weighted by Crippen LogP contribution is -2.11. The molecule has 2 aromatic carbocycles. The summed E-state index contributed by atoms with van der Waals surface area (Å²) >= 11 is 2.99. The quantitative estimate of drug-likeness (QED) is 0.833. The molecule has 0 aromatic heterocycles. The highest BCUT2D eigenvalue weighted by atomic mass is 79.9. The summed E-state index contributed by atoms with van der Waals surface area (Å²) in [6.07, 6.45) is 0. The summed E-state index contributed by atoms with van der Waals surface area (Å²) in [4.78, 5) is 10.9. The van der Waals surface area contributed by atoms with E-state index in [1.54, 1.807) is 0 Å². The number of carboxylic acid groups (broad SMARTS) is 1. The summed E-state index contributed by atoms with van der Waals surface area (Å²) in [6, 6.07) is 12.7. The molecule has 3 nitrogen and oxygen atoms in total. The standard InChI is InChI=1S/C16H15BrFNO2/c1-10(11-5-3-2-4-6-11)9-19-13-8-7-12(16(20)21)14(17)15(13)18/h2-8,10,19H,9H2,1H3,(H,20,21). The average Bonchev–Trinajstić information content (AvgIpc) is 2.49. The first-order valence-corrected chi connectivity index (χ1v) is 7.30. The van der Waals surface area contributed by atoms with Crippen LogP contribution < -0.4 is 5.32 Å². The molecule has 1 atom stereocenters. The second-order valence-corrected chi connectivity index (χ2v) is 5.58. The molecule has 0 fully saturated rings. The first-order chi connectivity index (χ1) is 10.0. The SMILES string of the molecule is CC(CNc1ccc(C(=O)O)c(Br)c1F)c1ccccc1. The van der Waals surface area contributed by atoms with Crippen molar-refractivity contribution in [2.75, 3.05) is 11.9 Å². The Kier molecular flexibility index (Phi) is 4.96. The molecule has 0 aliphatic heterocycles. The van der Waals surface area contributed by atoms with Gasteiger partial charge in [-0.3, -0.25) is 0 Å². The molecule has 0 spiro atoms. The molecule has 5 heteroatoms. The van der Waals surface area contributed by atoms with Gasteiger partial charge in [0.25, 0.3) is 0 Å². The van der Waals surface area contributed by atoms with Crippen LogP contribution in [0.2, 0.25) is 0 Å². The maximum atomic E-state index is 14.1. The van der Waals surface area contributed by atoms with Gasteiger partial charge in [0, 0.05) is 6.54 Å². The van der Waals surface area contributed by atoms with Gasteiger partial charge in [-0.15, -0.1) is 0 Å². The zero-order valence-electron chi connectivity index (χ0n) is 11.4. The Balaban J connectivity index is 2.11. The third-order valence-corrected chi connectivity index (χ3v) is 4.06. The molecular formula is C16H15BrFNO2. The highest BCUT2D eigenvalue weighted by molar-refractivity contribution is 9.10. The monoisotopic (exact) mass is 351 g/mol. The van der Waals surface area contributed by atoms with E-state index < -0.39 is 11.8 Å². The molecule has 0 radical (unpaired) electrons. The maximum Gasteiger partial charge on any atom is 0.336 e. The molecule has 0 aliphatic carbocycles. The lowest BCUT2D eigenvalue weighted by molar-refractivity contribution is 0.0695. The Morgan fingerprint density at radius 1 is 1.29 bits per heavy atom. The van der Waals surface area contributed by atoms with E-state index >= 15 is 0 Å². The third-order valence-electron chi connectivity index (χ3n) is 3.28. The smallest absolute Gasteiger partial charge is 0.336 e. The van der Waals surface area contributed by atoms with Crippen LogP contribution in [-0.2, 0) is 0 Å². The molecule has 110 valence electrons. The van der Waals surface area contributed by atoms with Gasteiger partial charge in [0.2, 0.25) is 0 Å².